The molecule has 1 saturated heterocycles. The van der Waals surface area contributed by atoms with E-state index in [0.29, 0.717) is 12.1 Å². The van der Waals surface area contributed by atoms with E-state index in [-0.39, 0.29) is 5.82 Å². The van der Waals surface area contributed by atoms with Crippen molar-refractivity contribution < 1.29 is 4.39 Å². The maximum absolute atomic E-state index is 13.2. The van der Waals surface area contributed by atoms with Crippen LogP contribution < -0.4 is 5.32 Å². The number of hydrogen-bond donors (Lipinski definition) is 1. The third kappa shape index (κ3) is 2.89. The highest BCUT2D eigenvalue weighted by Gasteiger charge is 2.27. The molecule has 1 aliphatic carbocycles. The van der Waals surface area contributed by atoms with Crippen LogP contribution in [0.4, 0.5) is 4.39 Å². The van der Waals surface area contributed by atoms with Gasteiger partial charge in [0.1, 0.15) is 5.82 Å². The molecule has 0 spiro atoms. The quantitative estimate of drug-likeness (QED) is 0.909. The molecule has 3 rings (SSSR count). The summed E-state index contributed by atoms with van der Waals surface area (Å²) in [5.74, 6) is 0.662. The Balaban J connectivity index is 1.54. The zero-order valence-corrected chi connectivity index (χ0v) is 12.5. The zero-order valence-electron chi connectivity index (χ0n) is 12.5. The minimum absolute atomic E-state index is 0.104. The molecular formula is C17H25FN2. The van der Waals surface area contributed by atoms with Gasteiger partial charge in [0.2, 0.25) is 0 Å². The molecule has 110 valence electrons. The van der Waals surface area contributed by atoms with E-state index in [2.05, 4.69) is 24.1 Å². The summed E-state index contributed by atoms with van der Waals surface area (Å²) in [5.41, 5.74) is 2.50. The van der Waals surface area contributed by atoms with Crippen molar-refractivity contribution in [2.24, 2.45) is 5.92 Å². The predicted octanol–water partition coefficient (Wildman–Crippen LogP) is 3.13. The van der Waals surface area contributed by atoms with Gasteiger partial charge >= 0.3 is 0 Å². The van der Waals surface area contributed by atoms with Crippen molar-refractivity contribution in [1.82, 2.24) is 10.2 Å². The summed E-state index contributed by atoms with van der Waals surface area (Å²) in [4.78, 5) is 2.56. The molecule has 2 nitrogen and oxygen atoms in total. The van der Waals surface area contributed by atoms with Crippen LogP contribution >= 0.6 is 0 Å². The average molecular weight is 276 g/mol. The maximum Gasteiger partial charge on any atom is 0.123 e. The van der Waals surface area contributed by atoms with Crippen LogP contribution in [0, 0.1) is 11.7 Å². The van der Waals surface area contributed by atoms with Crippen molar-refractivity contribution in [2.75, 3.05) is 19.6 Å². The number of hydrogen-bond acceptors (Lipinski definition) is 2. The Morgan fingerprint density at radius 1 is 1.35 bits per heavy atom. The molecule has 1 fully saturated rings. The molecule has 2 unspecified atom stereocenters. The minimum atomic E-state index is -0.104. The monoisotopic (exact) mass is 276 g/mol. The smallest absolute Gasteiger partial charge is 0.123 e. The number of benzene rings is 1. The first kappa shape index (κ1) is 14.0. The Morgan fingerprint density at radius 2 is 2.20 bits per heavy atom. The van der Waals surface area contributed by atoms with E-state index >= 15 is 0 Å². The number of nitrogens with zero attached hydrogens (tertiary/aromatic N) is 1. The Hall–Kier alpha value is -0.930. The highest BCUT2D eigenvalue weighted by atomic mass is 19.1. The topological polar surface area (TPSA) is 15.3 Å². The molecule has 1 aromatic carbocycles. The molecule has 20 heavy (non-hydrogen) atoms. The SMILES string of the molecule is CC(C)N1CCC(CNC2CCc3cc(F)ccc32)C1. The van der Waals surface area contributed by atoms with Crippen molar-refractivity contribution in [3.8, 4) is 0 Å². The molecular weight excluding hydrogens is 251 g/mol. The van der Waals surface area contributed by atoms with Gasteiger partial charge in [0.05, 0.1) is 0 Å². The van der Waals surface area contributed by atoms with E-state index in [1.807, 2.05) is 6.07 Å². The van der Waals surface area contributed by atoms with Gasteiger partial charge in [0.25, 0.3) is 0 Å². The molecule has 0 amide bonds. The lowest BCUT2D eigenvalue weighted by molar-refractivity contribution is 0.262. The summed E-state index contributed by atoms with van der Waals surface area (Å²) in [5, 5.41) is 3.71. The molecule has 1 aliphatic heterocycles. The summed E-state index contributed by atoms with van der Waals surface area (Å²) in [7, 11) is 0. The molecule has 1 N–H and O–H groups in total. The first-order valence-electron chi connectivity index (χ1n) is 7.89. The maximum atomic E-state index is 13.2. The fourth-order valence-corrected chi connectivity index (χ4v) is 3.61. The minimum Gasteiger partial charge on any atom is -0.310 e. The van der Waals surface area contributed by atoms with Crippen LogP contribution in [0.15, 0.2) is 18.2 Å². The Labute approximate surface area is 121 Å². The van der Waals surface area contributed by atoms with Crippen molar-refractivity contribution in [3.63, 3.8) is 0 Å². The standard InChI is InChI=1S/C17H25FN2/c1-12(2)20-8-7-13(11-20)10-19-17-6-3-14-9-15(18)4-5-16(14)17/h4-5,9,12-13,17,19H,3,6-8,10-11H2,1-2H3. The lowest BCUT2D eigenvalue weighted by Gasteiger charge is -2.21. The highest BCUT2D eigenvalue weighted by Crippen LogP contribution is 2.32. The second-order valence-corrected chi connectivity index (χ2v) is 6.59. The van der Waals surface area contributed by atoms with Gasteiger partial charge in [-0.15, -0.1) is 0 Å². The van der Waals surface area contributed by atoms with Crippen LogP contribution in [-0.4, -0.2) is 30.6 Å². The summed E-state index contributed by atoms with van der Waals surface area (Å²) in [6, 6.07) is 6.35. The van der Waals surface area contributed by atoms with E-state index < -0.39 is 0 Å². The van der Waals surface area contributed by atoms with Crippen LogP contribution in [0.3, 0.4) is 0 Å². The van der Waals surface area contributed by atoms with Gasteiger partial charge in [-0.1, -0.05) is 6.07 Å². The van der Waals surface area contributed by atoms with Crippen LogP contribution in [0.5, 0.6) is 0 Å². The summed E-state index contributed by atoms with van der Waals surface area (Å²) < 4.78 is 13.2. The van der Waals surface area contributed by atoms with Gasteiger partial charge in [-0.3, -0.25) is 0 Å². The van der Waals surface area contributed by atoms with E-state index in [4.69, 9.17) is 0 Å². The molecule has 0 bridgehead atoms. The fourth-order valence-electron chi connectivity index (χ4n) is 3.61. The number of halogens is 1. The molecule has 1 aromatic rings. The predicted molar refractivity (Wildman–Crippen MR) is 80.3 cm³/mol. The largest absolute Gasteiger partial charge is 0.310 e. The van der Waals surface area contributed by atoms with Crippen LogP contribution in [0.25, 0.3) is 0 Å². The van der Waals surface area contributed by atoms with E-state index in [1.54, 1.807) is 12.1 Å². The number of likely N-dealkylation sites (tertiary alicyclic amines) is 1. The Kier molecular flexibility index (Phi) is 4.08. The van der Waals surface area contributed by atoms with Gasteiger partial charge in [0.15, 0.2) is 0 Å². The number of nitrogens with one attached hydrogen (secondary N) is 1. The van der Waals surface area contributed by atoms with Gasteiger partial charge < -0.3 is 10.2 Å². The molecule has 2 aliphatic rings. The number of fused-ring (bicyclic) bond motifs is 1. The average Bonchev–Trinajstić information content (AvgIpc) is 3.02. The second-order valence-electron chi connectivity index (χ2n) is 6.59. The Morgan fingerprint density at radius 3 is 2.95 bits per heavy atom. The molecule has 0 aromatic heterocycles. The highest BCUT2D eigenvalue weighted by molar-refractivity contribution is 5.34. The van der Waals surface area contributed by atoms with Gasteiger partial charge in [-0.05, 0) is 75.4 Å². The number of rotatable bonds is 4. The summed E-state index contributed by atoms with van der Waals surface area (Å²) in [6.45, 7) is 8.09. The van der Waals surface area contributed by atoms with Crippen molar-refractivity contribution in [3.05, 3.63) is 35.1 Å². The van der Waals surface area contributed by atoms with Crippen molar-refractivity contribution >= 4 is 0 Å². The van der Waals surface area contributed by atoms with Crippen LogP contribution in [0.2, 0.25) is 0 Å². The van der Waals surface area contributed by atoms with Gasteiger partial charge in [-0.25, -0.2) is 4.39 Å². The Bertz CT molecular complexity index is 472. The van der Waals surface area contributed by atoms with Crippen molar-refractivity contribution in [2.45, 2.75) is 45.2 Å². The number of aryl methyl sites for hydroxylation is 1. The first-order valence-corrected chi connectivity index (χ1v) is 7.89. The summed E-state index contributed by atoms with van der Waals surface area (Å²) >= 11 is 0. The van der Waals surface area contributed by atoms with E-state index in [1.165, 1.54) is 30.6 Å². The normalized spacial score (nSPS) is 26.4. The fraction of sp³-hybridized carbons (Fsp3) is 0.647. The first-order chi connectivity index (χ1) is 9.63. The lowest BCUT2D eigenvalue weighted by atomic mass is 10.1. The molecule has 2 atom stereocenters. The molecule has 3 heteroatoms. The molecule has 0 radical (unpaired) electrons. The molecule has 0 saturated carbocycles. The zero-order chi connectivity index (χ0) is 14.1. The van der Waals surface area contributed by atoms with E-state index in [9.17, 15) is 4.39 Å². The van der Waals surface area contributed by atoms with Gasteiger partial charge in [0, 0.05) is 18.6 Å². The third-order valence-corrected chi connectivity index (χ3v) is 4.88. The second kappa shape index (κ2) is 5.82. The van der Waals surface area contributed by atoms with E-state index in [0.717, 1.165) is 25.3 Å². The lowest BCUT2D eigenvalue weighted by Crippen LogP contribution is -2.31. The summed E-state index contributed by atoms with van der Waals surface area (Å²) in [6.07, 6.45) is 3.42. The van der Waals surface area contributed by atoms with Crippen molar-refractivity contribution in [1.29, 1.82) is 0 Å². The van der Waals surface area contributed by atoms with Crippen LogP contribution in [-0.2, 0) is 6.42 Å². The third-order valence-electron chi connectivity index (χ3n) is 4.88. The van der Waals surface area contributed by atoms with Gasteiger partial charge in [-0.2, -0.15) is 0 Å². The van der Waals surface area contributed by atoms with Crippen LogP contribution in [0.1, 0.15) is 43.9 Å². The molecule has 1 heterocycles.